The predicted molar refractivity (Wildman–Crippen MR) is 132 cm³/mol. The van der Waals surface area contributed by atoms with E-state index in [2.05, 4.69) is 39.3 Å². The van der Waals surface area contributed by atoms with Gasteiger partial charge in [0.15, 0.2) is 5.96 Å². The van der Waals surface area contributed by atoms with Crippen LogP contribution in [0.2, 0.25) is 0 Å². The second-order valence-corrected chi connectivity index (χ2v) is 7.95. The molecule has 0 saturated carbocycles. The van der Waals surface area contributed by atoms with Crippen molar-refractivity contribution in [3.63, 3.8) is 0 Å². The molecule has 7 nitrogen and oxygen atoms in total. The number of hydrogen-bond acceptors (Lipinski definition) is 5. The Balaban J connectivity index is 0.00000420. The van der Waals surface area contributed by atoms with Gasteiger partial charge in [-0.05, 0) is 25.3 Å². The number of likely N-dealkylation sites (tertiary alicyclic amines) is 1. The lowest BCUT2D eigenvalue weighted by Crippen LogP contribution is -2.54. The zero-order valence-electron chi connectivity index (χ0n) is 19.0. The maximum absolute atomic E-state index is 5.57. The summed E-state index contributed by atoms with van der Waals surface area (Å²) in [6.45, 7) is 13.3. The maximum Gasteiger partial charge on any atom is 0.191 e. The molecule has 29 heavy (non-hydrogen) atoms. The predicted octanol–water partition coefficient (Wildman–Crippen LogP) is 2.02. The van der Waals surface area contributed by atoms with Gasteiger partial charge in [0.05, 0.1) is 19.8 Å². The molecule has 0 amide bonds. The van der Waals surface area contributed by atoms with Gasteiger partial charge in [0.25, 0.3) is 0 Å². The molecule has 0 radical (unpaired) electrons. The van der Waals surface area contributed by atoms with Gasteiger partial charge in [-0.2, -0.15) is 0 Å². The van der Waals surface area contributed by atoms with E-state index >= 15 is 0 Å². The molecule has 2 fully saturated rings. The van der Waals surface area contributed by atoms with Crippen LogP contribution in [-0.4, -0.2) is 101 Å². The second-order valence-electron chi connectivity index (χ2n) is 7.95. The van der Waals surface area contributed by atoms with Crippen LogP contribution in [0, 0.1) is 5.92 Å². The van der Waals surface area contributed by atoms with Crippen LogP contribution >= 0.6 is 24.0 Å². The number of nitrogens with zero attached hydrogens (tertiary/aromatic N) is 3. The Morgan fingerprint density at radius 1 is 1.17 bits per heavy atom. The maximum atomic E-state index is 5.57. The van der Waals surface area contributed by atoms with Crippen molar-refractivity contribution in [1.29, 1.82) is 0 Å². The molecule has 0 aromatic carbocycles. The lowest BCUT2D eigenvalue weighted by atomic mass is 9.92. The summed E-state index contributed by atoms with van der Waals surface area (Å²) in [6.07, 6.45) is 4.94. The first-order valence-corrected chi connectivity index (χ1v) is 11.2. The molecule has 2 heterocycles. The number of guanidine groups is 1. The molecule has 0 aromatic rings. The highest BCUT2D eigenvalue weighted by atomic mass is 127. The summed E-state index contributed by atoms with van der Waals surface area (Å²) < 4.78 is 10.8. The van der Waals surface area contributed by atoms with Gasteiger partial charge in [0.2, 0.25) is 0 Å². The number of morpholine rings is 1. The fourth-order valence-electron chi connectivity index (χ4n) is 4.60. The average Bonchev–Trinajstić information content (AvgIpc) is 3.19. The topological polar surface area (TPSA) is 61.4 Å². The fourth-order valence-corrected chi connectivity index (χ4v) is 4.60. The van der Waals surface area contributed by atoms with Crippen molar-refractivity contribution in [1.82, 2.24) is 20.4 Å². The van der Waals surface area contributed by atoms with Gasteiger partial charge in [0.1, 0.15) is 0 Å². The minimum atomic E-state index is 0. The molecule has 2 aliphatic rings. The highest BCUT2D eigenvalue weighted by molar-refractivity contribution is 14.0. The van der Waals surface area contributed by atoms with E-state index in [9.17, 15) is 0 Å². The third-order valence-corrected chi connectivity index (χ3v) is 6.40. The van der Waals surface area contributed by atoms with Gasteiger partial charge < -0.3 is 20.1 Å². The summed E-state index contributed by atoms with van der Waals surface area (Å²) in [5.74, 6) is 1.62. The van der Waals surface area contributed by atoms with E-state index in [1.54, 1.807) is 7.11 Å². The first-order chi connectivity index (χ1) is 13.7. The molecule has 2 N–H and O–H groups in total. The Hall–Kier alpha value is -0.160. The van der Waals surface area contributed by atoms with E-state index in [-0.39, 0.29) is 24.0 Å². The molecule has 0 spiro atoms. The van der Waals surface area contributed by atoms with Gasteiger partial charge >= 0.3 is 0 Å². The summed E-state index contributed by atoms with van der Waals surface area (Å²) >= 11 is 0. The molecule has 8 heteroatoms. The summed E-state index contributed by atoms with van der Waals surface area (Å²) in [6, 6.07) is 1.10. The lowest BCUT2D eigenvalue weighted by molar-refractivity contribution is 0.00271. The standard InChI is InChI=1S/C21H43N5O2.HI/c1-5-18(6-2)20(26-11-14-28-15-12-26)17-24-21(22-3)23-16-19-8-7-9-25(19)10-13-27-4;/h18-20H,5-17H2,1-4H3,(H2,22,23,24);1H. The lowest BCUT2D eigenvalue weighted by Gasteiger charge is -2.39. The molecule has 2 atom stereocenters. The summed E-state index contributed by atoms with van der Waals surface area (Å²) in [7, 11) is 3.65. The molecule has 0 aromatic heterocycles. The van der Waals surface area contributed by atoms with E-state index in [0.29, 0.717) is 18.0 Å². The highest BCUT2D eigenvalue weighted by Crippen LogP contribution is 2.20. The molecular formula is C21H44IN5O2. The summed E-state index contributed by atoms with van der Waals surface area (Å²) in [4.78, 5) is 9.61. The first-order valence-electron chi connectivity index (χ1n) is 11.2. The minimum absolute atomic E-state index is 0. The minimum Gasteiger partial charge on any atom is -0.383 e. The van der Waals surface area contributed by atoms with Gasteiger partial charge in [-0.15, -0.1) is 24.0 Å². The fraction of sp³-hybridized carbons (Fsp3) is 0.952. The van der Waals surface area contributed by atoms with Crippen LogP contribution in [0.25, 0.3) is 0 Å². The van der Waals surface area contributed by atoms with Crippen molar-refractivity contribution in [2.24, 2.45) is 10.9 Å². The van der Waals surface area contributed by atoms with E-state index in [0.717, 1.165) is 58.5 Å². The van der Waals surface area contributed by atoms with Crippen LogP contribution < -0.4 is 10.6 Å². The highest BCUT2D eigenvalue weighted by Gasteiger charge is 2.27. The van der Waals surface area contributed by atoms with Crippen LogP contribution in [0.1, 0.15) is 39.5 Å². The Bertz CT molecular complexity index is 445. The number of methoxy groups -OCH3 is 1. The van der Waals surface area contributed by atoms with E-state index in [4.69, 9.17) is 9.47 Å². The molecule has 2 saturated heterocycles. The number of hydrogen-bond donors (Lipinski definition) is 2. The summed E-state index contributed by atoms with van der Waals surface area (Å²) in [5, 5.41) is 7.18. The Kier molecular flexibility index (Phi) is 14.5. The SMILES string of the molecule is CCC(CC)C(CNC(=NC)NCC1CCCN1CCOC)N1CCOCC1.I. The van der Waals surface area contributed by atoms with Crippen LogP contribution in [0.5, 0.6) is 0 Å². The van der Waals surface area contributed by atoms with Gasteiger partial charge in [-0.3, -0.25) is 14.8 Å². The zero-order chi connectivity index (χ0) is 20.2. The number of rotatable bonds is 11. The van der Waals surface area contributed by atoms with Gasteiger partial charge in [-0.25, -0.2) is 0 Å². The van der Waals surface area contributed by atoms with Crippen molar-refractivity contribution >= 4 is 29.9 Å². The van der Waals surface area contributed by atoms with Crippen LogP contribution in [0.3, 0.4) is 0 Å². The smallest absolute Gasteiger partial charge is 0.191 e. The zero-order valence-corrected chi connectivity index (χ0v) is 21.3. The molecule has 0 bridgehead atoms. The van der Waals surface area contributed by atoms with Crippen molar-refractivity contribution in [2.45, 2.75) is 51.6 Å². The van der Waals surface area contributed by atoms with Crippen molar-refractivity contribution in [2.75, 3.05) is 73.2 Å². The van der Waals surface area contributed by atoms with E-state index in [1.165, 1.54) is 32.2 Å². The molecule has 2 aliphatic heterocycles. The number of aliphatic imine (C=N–C) groups is 1. The first kappa shape index (κ1) is 26.9. The Morgan fingerprint density at radius 2 is 1.90 bits per heavy atom. The third kappa shape index (κ3) is 8.85. The number of ether oxygens (including phenoxy) is 2. The van der Waals surface area contributed by atoms with Crippen molar-refractivity contribution < 1.29 is 9.47 Å². The Labute approximate surface area is 195 Å². The van der Waals surface area contributed by atoms with Gasteiger partial charge in [0, 0.05) is 59.0 Å². The van der Waals surface area contributed by atoms with Gasteiger partial charge in [-0.1, -0.05) is 26.7 Å². The Morgan fingerprint density at radius 3 is 2.52 bits per heavy atom. The van der Waals surface area contributed by atoms with Crippen LogP contribution in [0.4, 0.5) is 0 Å². The number of nitrogens with one attached hydrogen (secondary N) is 2. The molecule has 172 valence electrons. The summed E-state index contributed by atoms with van der Waals surface area (Å²) in [5.41, 5.74) is 0. The quantitative estimate of drug-likeness (QED) is 0.245. The second kappa shape index (κ2) is 15.6. The van der Waals surface area contributed by atoms with Crippen LogP contribution in [-0.2, 0) is 9.47 Å². The van der Waals surface area contributed by atoms with Crippen LogP contribution in [0.15, 0.2) is 4.99 Å². The molecule has 2 unspecified atom stereocenters. The van der Waals surface area contributed by atoms with E-state index < -0.39 is 0 Å². The largest absolute Gasteiger partial charge is 0.383 e. The van der Waals surface area contributed by atoms with E-state index in [1.807, 2.05) is 7.05 Å². The monoisotopic (exact) mass is 525 g/mol. The normalized spacial score (nSPS) is 22.5. The molecule has 2 rings (SSSR count). The van der Waals surface area contributed by atoms with Crippen molar-refractivity contribution in [3.8, 4) is 0 Å². The average molecular weight is 526 g/mol. The molecule has 0 aliphatic carbocycles. The molecular weight excluding hydrogens is 481 g/mol. The number of halogens is 1. The van der Waals surface area contributed by atoms with Crippen molar-refractivity contribution in [3.05, 3.63) is 0 Å². The third-order valence-electron chi connectivity index (χ3n) is 6.40.